The Balaban J connectivity index is 1.96. The van der Waals surface area contributed by atoms with Gasteiger partial charge in [0.2, 0.25) is 0 Å². The lowest BCUT2D eigenvalue weighted by Gasteiger charge is -2.14. The van der Waals surface area contributed by atoms with Crippen LogP contribution in [0.3, 0.4) is 0 Å². The summed E-state index contributed by atoms with van der Waals surface area (Å²) in [6.07, 6.45) is 5.59. The Kier molecular flexibility index (Phi) is 3.83. The van der Waals surface area contributed by atoms with Crippen molar-refractivity contribution in [3.05, 3.63) is 59.8 Å². The third-order valence-electron chi connectivity index (χ3n) is 3.43. The molecule has 110 valence electrons. The maximum atomic E-state index is 4.69. The van der Waals surface area contributed by atoms with Crippen LogP contribution in [0.25, 0.3) is 23.1 Å². The van der Waals surface area contributed by atoms with Gasteiger partial charge < -0.3 is 4.90 Å². The zero-order chi connectivity index (χ0) is 15.5. The molecule has 0 aliphatic carbocycles. The molecule has 3 aromatic rings. The van der Waals surface area contributed by atoms with Crippen LogP contribution in [-0.4, -0.2) is 29.0 Å². The molecule has 0 saturated carbocycles. The number of aromatic nitrogens is 3. The van der Waals surface area contributed by atoms with Crippen molar-refractivity contribution in [2.45, 2.75) is 6.92 Å². The molecule has 0 aliphatic heterocycles. The molecule has 0 amide bonds. The fourth-order valence-corrected chi connectivity index (χ4v) is 2.35. The molecule has 2 heterocycles. The number of benzene rings is 1. The fourth-order valence-electron chi connectivity index (χ4n) is 2.35. The Morgan fingerprint density at radius 1 is 0.955 bits per heavy atom. The van der Waals surface area contributed by atoms with E-state index in [1.165, 1.54) is 5.69 Å². The number of hydrogen-bond donors (Lipinski definition) is 0. The summed E-state index contributed by atoms with van der Waals surface area (Å²) >= 11 is 0. The smallest absolute Gasteiger partial charge is 0.152 e. The summed E-state index contributed by atoms with van der Waals surface area (Å²) in [5, 5.41) is 1.15. The quantitative estimate of drug-likeness (QED) is 0.739. The minimum Gasteiger partial charge on any atom is -0.377 e. The molecule has 0 bridgehead atoms. The second kappa shape index (κ2) is 5.93. The highest BCUT2D eigenvalue weighted by Gasteiger charge is 2.03. The van der Waals surface area contributed by atoms with Crippen LogP contribution < -0.4 is 4.90 Å². The van der Waals surface area contributed by atoms with Crippen molar-refractivity contribution in [3.8, 4) is 0 Å². The molecule has 4 heteroatoms. The number of fused-ring (bicyclic) bond motifs is 1. The van der Waals surface area contributed by atoms with Crippen LogP contribution in [0.4, 0.5) is 5.69 Å². The van der Waals surface area contributed by atoms with E-state index in [4.69, 9.17) is 0 Å². The van der Waals surface area contributed by atoms with Crippen molar-refractivity contribution < 1.29 is 0 Å². The lowest BCUT2D eigenvalue weighted by molar-refractivity contribution is 1.08. The van der Waals surface area contributed by atoms with Crippen LogP contribution >= 0.6 is 0 Å². The van der Waals surface area contributed by atoms with Gasteiger partial charge in [-0.2, -0.15) is 0 Å². The highest BCUT2D eigenvalue weighted by molar-refractivity contribution is 5.92. The van der Waals surface area contributed by atoms with Gasteiger partial charge in [0.15, 0.2) is 5.82 Å². The topological polar surface area (TPSA) is 41.9 Å². The molecular weight excluding hydrogens is 272 g/mol. The molecule has 2 aromatic heterocycles. The number of pyridine rings is 1. The summed E-state index contributed by atoms with van der Waals surface area (Å²) in [6.45, 7) is 1.95. The van der Waals surface area contributed by atoms with E-state index in [0.29, 0.717) is 5.82 Å². The van der Waals surface area contributed by atoms with Gasteiger partial charge in [0.05, 0.1) is 11.2 Å². The highest BCUT2D eigenvalue weighted by atomic mass is 15.1. The SMILES string of the molecule is Cc1ccnc(C=Cc2ccc3c(N(C)C)cccc3n2)n1. The third kappa shape index (κ3) is 2.96. The molecule has 0 N–H and O–H groups in total. The van der Waals surface area contributed by atoms with Crippen molar-refractivity contribution in [2.75, 3.05) is 19.0 Å². The van der Waals surface area contributed by atoms with E-state index in [9.17, 15) is 0 Å². The predicted molar refractivity (Wildman–Crippen MR) is 91.8 cm³/mol. The Labute approximate surface area is 130 Å². The number of aryl methyl sites for hydroxylation is 1. The number of anilines is 1. The van der Waals surface area contributed by atoms with Crippen molar-refractivity contribution >= 4 is 28.7 Å². The van der Waals surface area contributed by atoms with Crippen molar-refractivity contribution in [3.63, 3.8) is 0 Å². The van der Waals surface area contributed by atoms with Gasteiger partial charge in [-0.1, -0.05) is 6.07 Å². The van der Waals surface area contributed by atoms with Gasteiger partial charge in [-0.25, -0.2) is 15.0 Å². The average molecular weight is 290 g/mol. The van der Waals surface area contributed by atoms with E-state index >= 15 is 0 Å². The van der Waals surface area contributed by atoms with Crippen LogP contribution in [0.15, 0.2) is 42.6 Å². The van der Waals surface area contributed by atoms with E-state index < -0.39 is 0 Å². The van der Waals surface area contributed by atoms with Crippen LogP contribution in [0.5, 0.6) is 0 Å². The van der Waals surface area contributed by atoms with E-state index in [2.05, 4.69) is 32.0 Å². The van der Waals surface area contributed by atoms with Crippen molar-refractivity contribution in [1.82, 2.24) is 15.0 Å². The Hall–Kier alpha value is -2.75. The molecule has 4 nitrogen and oxygen atoms in total. The lowest BCUT2D eigenvalue weighted by Crippen LogP contribution is -2.09. The largest absolute Gasteiger partial charge is 0.377 e. The van der Waals surface area contributed by atoms with Gasteiger partial charge >= 0.3 is 0 Å². The average Bonchev–Trinajstić information content (AvgIpc) is 2.52. The number of nitrogens with zero attached hydrogens (tertiary/aromatic N) is 4. The molecule has 0 fully saturated rings. The van der Waals surface area contributed by atoms with E-state index in [-0.39, 0.29) is 0 Å². The first-order valence-electron chi connectivity index (χ1n) is 7.18. The first-order chi connectivity index (χ1) is 10.6. The monoisotopic (exact) mass is 290 g/mol. The molecule has 0 spiro atoms. The molecule has 0 aliphatic rings. The first kappa shape index (κ1) is 14.2. The summed E-state index contributed by atoms with van der Waals surface area (Å²) in [6, 6.07) is 12.2. The predicted octanol–water partition coefficient (Wildman–Crippen LogP) is 3.57. The molecule has 0 atom stereocenters. The van der Waals surface area contributed by atoms with Crippen LogP contribution in [0.1, 0.15) is 17.2 Å². The second-order valence-electron chi connectivity index (χ2n) is 5.36. The van der Waals surface area contributed by atoms with Crippen molar-refractivity contribution in [1.29, 1.82) is 0 Å². The van der Waals surface area contributed by atoms with Gasteiger partial charge in [-0.15, -0.1) is 0 Å². The Morgan fingerprint density at radius 2 is 1.82 bits per heavy atom. The van der Waals surface area contributed by atoms with Gasteiger partial charge in [0.1, 0.15) is 0 Å². The molecule has 0 saturated heterocycles. The first-order valence-corrected chi connectivity index (χ1v) is 7.18. The summed E-state index contributed by atoms with van der Waals surface area (Å²) in [7, 11) is 4.08. The van der Waals surface area contributed by atoms with E-state index in [1.54, 1.807) is 6.20 Å². The molecule has 0 radical (unpaired) electrons. The number of hydrogen-bond acceptors (Lipinski definition) is 4. The fraction of sp³-hybridized carbons (Fsp3) is 0.167. The summed E-state index contributed by atoms with van der Waals surface area (Å²) in [4.78, 5) is 15.4. The molecule has 0 unspecified atom stereocenters. The van der Waals surface area contributed by atoms with Crippen LogP contribution in [0, 0.1) is 6.92 Å². The third-order valence-corrected chi connectivity index (χ3v) is 3.43. The standard InChI is InChI=1S/C18H18N4/c1-13-11-12-19-18(20-13)10-8-14-7-9-15-16(21-14)5-4-6-17(15)22(2)3/h4-12H,1-3H3. The number of rotatable bonds is 3. The van der Waals surface area contributed by atoms with Crippen LogP contribution in [-0.2, 0) is 0 Å². The summed E-state index contributed by atoms with van der Waals surface area (Å²) < 4.78 is 0. The maximum absolute atomic E-state index is 4.69. The molecule has 1 aromatic carbocycles. The molecular formula is C18H18N4. The zero-order valence-corrected chi connectivity index (χ0v) is 13.0. The normalized spacial score (nSPS) is 11.2. The van der Waals surface area contributed by atoms with Gasteiger partial charge in [-0.3, -0.25) is 0 Å². The van der Waals surface area contributed by atoms with Gasteiger partial charge in [0, 0.05) is 37.1 Å². The zero-order valence-electron chi connectivity index (χ0n) is 13.0. The minimum absolute atomic E-state index is 0.698. The minimum atomic E-state index is 0.698. The van der Waals surface area contributed by atoms with Crippen LogP contribution in [0.2, 0.25) is 0 Å². The summed E-state index contributed by atoms with van der Waals surface area (Å²) in [5.74, 6) is 0.698. The van der Waals surface area contributed by atoms with Gasteiger partial charge in [-0.05, 0) is 49.4 Å². The Morgan fingerprint density at radius 3 is 2.59 bits per heavy atom. The van der Waals surface area contributed by atoms with E-state index in [0.717, 1.165) is 22.3 Å². The second-order valence-corrected chi connectivity index (χ2v) is 5.36. The van der Waals surface area contributed by atoms with Gasteiger partial charge in [0.25, 0.3) is 0 Å². The molecule has 3 rings (SSSR count). The van der Waals surface area contributed by atoms with E-state index in [1.807, 2.05) is 57.4 Å². The maximum Gasteiger partial charge on any atom is 0.152 e. The summed E-state index contributed by atoms with van der Waals surface area (Å²) in [5.41, 5.74) is 4.01. The van der Waals surface area contributed by atoms with Crippen molar-refractivity contribution in [2.24, 2.45) is 0 Å². The molecule has 22 heavy (non-hydrogen) atoms. The highest BCUT2D eigenvalue weighted by Crippen LogP contribution is 2.24. The lowest BCUT2D eigenvalue weighted by atomic mass is 10.1. The Bertz CT molecular complexity index is 837.